The molecular formula is C17H13N7S. The number of aromatic nitrogens is 7. The van der Waals surface area contributed by atoms with E-state index in [1.54, 1.807) is 40.8 Å². The van der Waals surface area contributed by atoms with Crippen LogP contribution in [0.3, 0.4) is 0 Å². The molecule has 5 rings (SSSR count). The Morgan fingerprint density at radius 3 is 2.76 bits per heavy atom. The zero-order chi connectivity index (χ0) is 17.0. The highest BCUT2D eigenvalue weighted by molar-refractivity contribution is 7.12. The Hall–Kier alpha value is -3.13. The standard InChI is InChI=1S/C17H13N7S/c1-10-11(2)24(17-19-6-7-25-17)15-13(10)16-21-14(22-23(16)9-20-15)12-4-3-5-18-8-12/h3-9H,1-2H3. The molecule has 7 nitrogen and oxygen atoms in total. The lowest BCUT2D eigenvalue weighted by Gasteiger charge is -2.02. The largest absolute Gasteiger partial charge is 0.273 e. The number of pyridine rings is 1. The molecule has 0 saturated heterocycles. The Morgan fingerprint density at radius 2 is 2.00 bits per heavy atom. The van der Waals surface area contributed by atoms with Gasteiger partial charge < -0.3 is 0 Å². The third kappa shape index (κ3) is 2.01. The summed E-state index contributed by atoms with van der Waals surface area (Å²) in [5.74, 6) is 0.640. The number of nitrogens with zero attached hydrogens (tertiary/aromatic N) is 7. The molecule has 0 fully saturated rings. The fourth-order valence-corrected chi connectivity index (χ4v) is 3.73. The van der Waals surface area contributed by atoms with E-state index in [0.29, 0.717) is 5.82 Å². The van der Waals surface area contributed by atoms with Crippen molar-refractivity contribution in [2.75, 3.05) is 0 Å². The van der Waals surface area contributed by atoms with E-state index < -0.39 is 0 Å². The van der Waals surface area contributed by atoms with E-state index in [0.717, 1.165) is 38.6 Å². The fraction of sp³-hybridized carbons (Fsp3) is 0.118. The molecule has 0 atom stereocenters. The quantitative estimate of drug-likeness (QED) is 0.490. The minimum absolute atomic E-state index is 0.640. The van der Waals surface area contributed by atoms with Crippen molar-refractivity contribution in [3.05, 3.63) is 53.7 Å². The van der Waals surface area contributed by atoms with Crippen molar-refractivity contribution in [3.8, 4) is 16.5 Å². The monoisotopic (exact) mass is 347 g/mol. The second kappa shape index (κ2) is 5.18. The molecule has 0 saturated carbocycles. The van der Waals surface area contributed by atoms with Gasteiger partial charge in [0, 0.05) is 35.2 Å². The fourth-order valence-electron chi connectivity index (χ4n) is 3.04. The van der Waals surface area contributed by atoms with E-state index >= 15 is 0 Å². The van der Waals surface area contributed by atoms with Gasteiger partial charge in [-0.3, -0.25) is 9.55 Å². The second-order valence-electron chi connectivity index (χ2n) is 5.75. The number of hydrogen-bond donors (Lipinski definition) is 0. The van der Waals surface area contributed by atoms with Crippen LogP contribution in [-0.4, -0.2) is 34.1 Å². The van der Waals surface area contributed by atoms with Crippen molar-refractivity contribution in [3.63, 3.8) is 0 Å². The summed E-state index contributed by atoms with van der Waals surface area (Å²) in [5.41, 5.74) is 4.76. The maximum Gasteiger partial charge on any atom is 0.195 e. The first kappa shape index (κ1) is 14.2. The molecule has 0 aliphatic carbocycles. The average Bonchev–Trinajstić information content (AvgIpc) is 3.35. The molecule has 0 aliphatic heterocycles. The minimum Gasteiger partial charge on any atom is -0.273 e. The van der Waals surface area contributed by atoms with Gasteiger partial charge in [-0.15, -0.1) is 16.4 Å². The molecule has 25 heavy (non-hydrogen) atoms. The lowest BCUT2D eigenvalue weighted by molar-refractivity contribution is 0.924. The van der Waals surface area contributed by atoms with Crippen LogP contribution < -0.4 is 0 Å². The van der Waals surface area contributed by atoms with Crippen LogP contribution in [0.4, 0.5) is 0 Å². The summed E-state index contributed by atoms with van der Waals surface area (Å²) in [4.78, 5) is 18.0. The third-order valence-corrected chi connectivity index (χ3v) is 5.12. The van der Waals surface area contributed by atoms with Crippen molar-refractivity contribution in [2.24, 2.45) is 0 Å². The van der Waals surface area contributed by atoms with Crippen LogP contribution in [0.2, 0.25) is 0 Å². The van der Waals surface area contributed by atoms with Gasteiger partial charge in [-0.05, 0) is 31.5 Å². The molecule has 0 unspecified atom stereocenters. The maximum atomic E-state index is 4.75. The van der Waals surface area contributed by atoms with Gasteiger partial charge in [-0.25, -0.2) is 19.5 Å². The zero-order valence-corrected chi connectivity index (χ0v) is 14.4. The molecule has 0 spiro atoms. The highest BCUT2D eigenvalue weighted by Gasteiger charge is 2.20. The first-order valence-corrected chi connectivity index (χ1v) is 8.65. The predicted octanol–water partition coefficient (Wildman–Crippen LogP) is 3.20. The highest BCUT2D eigenvalue weighted by Crippen LogP contribution is 2.31. The number of thiazole rings is 1. The van der Waals surface area contributed by atoms with Crippen molar-refractivity contribution < 1.29 is 0 Å². The minimum atomic E-state index is 0.640. The Morgan fingerprint density at radius 1 is 1.08 bits per heavy atom. The average molecular weight is 347 g/mol. The van der Waals surface area contributed by atoms with Gasteiger partial charge in [0.2, 0.25) is 0 Å². The molecule has 122 valence electrons. The van der Waals surface area contributed by atoms with Crippen molar-refractivity contribution in [2.45, 2.75) is 13.8 Å². The summed E-state index contributed by atoms with van der Waals surface area (Å²) in [6, 6.07) is 3.83. The van der Waals surface area contributed by atoms with Crippen LogP contribution in [0.5, 0.6) is 0 Å². The Balaban J connectivity index is 1.84. The molecule has 5 aromatic rings. The molecule has 0 radical (unpaired) electrons. The molecule has 8 heteroatoms. The lowest BCUT2D eigenvalue weighted by Crippen LogP contribution is -1.98. The van der Waals surface area contributed by atoms with Gasteiger partial charge in [0.25, 0.3) is 0 Å². The molecule has 5 heterocycles. The summed E-state index contributed by atoms with van der Waals surface area (Å²) in [5, 5.41) is 8.42. The lowest BCUT2D eigenvalue weighted by atomic mass is 10.2. The smallest absolute Gasteiger partial charge is 0.195 e. The zero-order valence-electron chi connectivity index (χ0n) is 13.6. The molecular weight excluding hydrogens is 334 g/mol. The van der Waals surface area contributed by atoms with E-state index in [1.807, 2.05) is 17.5 Å². The molecule has 0 N–H and O–H groups in total. The summed E-state index contributed by atoms with van der Waals surface area (Å²) in [6.45, 7) is 4.16. The molecule has 5 aromatic heterocycles. The van der Waals surface area contributed by atoms with Crippen molar-refractivity contribution >= 4 is 28.0 Å². The van der Waals surface area contributed by atoms with E-state index in [1.165, 1.54) is 0 Å². The molecule has 0 aromatic carbocycles. The van der Waals surface area contributed by atoms with E-state index in [2.05, 4.69) is 38.5 Å². The third-order valence-electron chi connectivity index (χ3n) is 4.36. The SMILES string of the molecule is Cc1c(C)n(-c2nccs2)c2ncn3nc(-c4cccnc4)nc3c12. The Labute approximate surface area is 146 Å². The maximum absolute atomic E-state index is 4.75. The van der Waals surface area contributed by atoms with Crippen molar-refractivity contribution in [1.82, 2.24) is 34.1 Å². The predicted molar refractivity (Wildman–Crippen MR) is 96.0 cm³/mol. The van der Waals surface area contributed by atoms with Gasteiger partial charge in [0.15, 0.2) is 22.3 Å². The number of fused-ring (bicyclic) bond motifs is 3. The molecule has 0 bridgehead atoms. The molecule has 0 amide bonds. The second-order valence-corrected chi connectivity index (χ2v) is 6.62. The van der Waals surface area contributed by atoms with Gasteiger partial charge >= 0.3 is 0 Å². The first-order chi connectivity index (χ1) is 12.2. The molecule has 0 aliphatic rings. The van der Waals surface area contributed by atoms with E-state index in [9.17, 15) is 0 Å². The van der Waals surface area contributed by atoms with E-state index in [4.69, 9.17) is 4.98 Å². The summed E-state index contributed by atoms with van der Waals surface area (Å²) in [7, 11) is 0. The van der Waals surface area contributed by atoms with Gasteiger partial charge in [0.05, 0.1) is 5.39 Å². The van der Waals surface area contributed by atoms with Crippen LogP contribution in [0, 0.1) is 13.8 Å². The summed E-state index contributed by atoms with van der Waals surface area (Å²) < 4.78 is 3.80. The number of hydrogen-bond acceptors (Lipinski definition) is 6. The highest BCUT2D eigenvalue weighted by atomic mass is 32.1. The number of aryl methyl sites for hydroxylation is 1. The number of rotatable bonds is 2. The van der Waals surface area contributed by atoms with Crippen molar-refractivity contribution in [1.29, 1.82) is 0 Å². The Kier molecular flexibility index (Phi) is 2.95. The first-order valence-electron chi connectivity index (χ1n) is 7.77. The summed E-state index contributed by atoms with van der Waals surface area (Å²) >= 11 is 1.59. The normalized spacial score (nSPS) is 11.6. The summed E-state index contributed by atoms with van der Waals surface area (Å²) in [6.07, 6.45) is 7.00. The van der Waals surface area contributed by atoms with E-state index in [-0.39, 0.29) is 0 Å². The van der Waals surface area contributed by atoms with Crippen LogP contribution in [0.25, 0.3) is 33.2 Å². The van der Waals surface area contributed by atoms with Crippen LogP contribution in [0.15, 0.2) is 42.4 Å². The van der Waals surface area contributed by atoms with Gasteiger partial charge in [-0.1, -0.05) is 0 Å². The van der Waals surface area contributed by atoms with Crippen LogP contribution >= 0.6 is 11.3 Å². The van der Waals surface area contributed by atoms with Gasteiger partial charge in [0.1, 0.15) is 6.33 Å². The topological polar surface area (TPSA) is 73.8 Å². The Bertz CT molecular complexity index is 1200. The van der Waals surface area contributed by atoms with Gasteiger partial charge in [-0.2, -0.15) is 0 Å². The van der Waals surface area contributed by atoms with Crippen LogP contribution in [0.1, 0.15) is 11.3 Å². The van der Waals surface area contributed by atoms with Crippen LogP contribution in [-0.2, 0) is 0 Å².